The number of hydrogen-bond acceptors (Lipinski definition) is 6. The summed E-state index contributed by atoms with van der Waals surface area (Å²) in [6.45, 7) is 6.48. The van der Waals surface area contributed by atoms with Crippen LogP contribution in [0.1, 0.15) is 290 Å². The predicted octanol–water partition coefficient (Wildman–Crippen LogP) is 20.3. The molecule has 6 heteroatoms. The highest BCUT2D eigenvalue weighted by atomic mass is 16.6. The molecule has 6 nitrogen and oxygen atoms in total. The van der Waals surface area contributed by atoms with Crippen LogP contribution in [0.15, 0.2) is 85.1 Å². The van der Waals surface area contributed by atoms with Gasteiger partial charge in [0, 0.05) is 19.3 Å². The zero-order chi connectivity index (χ0) is 51.4. The molecule has 0 N–H and O–H groups in total. The van der Waals surface area contributed by atoms with Crippen LogP contribution in [0.25, 0.3) is 0 Å². The molecule has 0 aliphatic rings. The van der Waals surface area contributed by atoms with E-state index < -0.39 is 6.10 Å². The van der Waals surface area contributed by atoms with Crippen LogP contribution < -0.4 is 0 Å². The zero-order valence-electron chi connectivity index (χ0n) is 46.7. The molecule has 0 saturated carbocycles. The second-order valence-corrected chi connectivity index (χ2v) is 19.9. The number of esters is 3. The largest absolute Gasteiger partial charge is 0.462 e. The Balaban J connectivity index is 4.38. The molecule has 0 aliphatic carbocycles. The van der Waals surface area contributed by atoms with Gasteiger partial charge in [-0.1, -0.05) is 241 Å². The maximum absolute atomic E-state index is 12.9. The Labute approximate surface area is 439 Å². The molecule has 0 bridgehead atoms. The third-order valence-electron chi connectivity index (χ3n) is 12.9. The first kappa shape index (κ1) is 67.6. The van der Waals surface area contributed by atoms with Gasteiger partial charge in [-0.15, -0.1) is 0 Å². The van der Waals surface area contributed by atoms with Gasteiger partial charge in [0.15, 0.2) is 6.10 Å². The number of carbonyl (C=O) groups is 3. The number of rotatable bonds is 54. The summed E-state index contributed by atoms with van der Waals surface area (Å²) < 4.78 is 16.9. The smallest absolute Gasteiger partial charge is 0.306 e. The highest BCUT2D eigenvalue weighted by Gasteiger charge is 2.19. The molecule has 71 heavy (non-hydrogen) atoms. The van der Waals surface area contributed by atoms with Crippen molar-refractivity contribution in [3.63, 3.8) is 0 Å². The zero-order valence-corrected chi connectivity index (χ0v) is 46.7. The van der Waals surface area contributed by atoms with Gasteiger partial charge in [-0.05, 0) is 116 Å². The summed E-state index contributed by atoms with van der Waals surface area (Å²) in [6.07, 6.45) is 77.2. The minimum atomic E-state index is -0.794. The van der Waals surface area contributed by atoms with E-state index in [-0.39, 0.29) is 31.1 Å². The second-order valence-electron chi connectivity index (χ2n) is 19.9. The van der Waals surface area contributed by atoms with Crippen molar-refractivity contribution in [2.24, 2.45) is 0 Å². The van der Waals surface area contributed by atoms with Gasteiger partial charge in [0.2, 0.25) is 0 Å². The molecule has 0 spiro atoms. The monoisotopic (exact) mass is 989 g/mol. The SMILES string of the molecule is CC/C=C\C/C=C\C/C=C\CCCCCC(=O)OCC(COC(=O)CCCCCCCCCCC/C=C\C/C=C\CCCCCCC)OC(=O)CCCCCCCCCCC/C=C\C/C=C\CCCCC. The highest BCUT2D eigenvalue weighted by molar-refractivity contribution is 5.71. The third kappa shape index (κ3) is 57.4. The number of unbranched alkanes of at least 4 members (excludes halogenated alkanes) is 29. The predicted molar refractivity (Wildman–Crippen MR) is 307 cm³/mol. The number of hydrogen-bond donors (Lipinski definition) is 0. The summed E-state index contributed by atoms with van der Waals surface area (Å²) in [5.41, 5.74) is 0. The first-order chi connectivity index (χ1) is 35.0. The Morgan fingerprint density at radius 1 is 0.296 bits per heavy atom. The number of carbonyl (C=O) groups excluding carboxylic acids is 3. The standard InChI is InChI=1S/C65H112O6/c1-4-7-10-13-16-19-22-25-27-29-31-32-34-35-37-40-43-46-49-52-55-58-64(67)70-61-62(60-69-63(66)57-54-51-48-45-42-39-24-21-18-15-12-9-6-3)71-65(68)59-56-53-50-47-44-41-38-36-33-30-28-26-23-20-17-14-11-8-5-2/h9,12,17-18,20-22,25-26,28-29,31,39,42,62H,4-8,10-11,13-16,19,23-24,27,30,32-38,40-41,43-61H2,1-3H3/b12-9-,20-17-,21-18-,25-22-,28-26-,31-29-,42-39-. The maximum atomic E-state index is 12.9. The van der Waals surface area contributed by atoms with Crippen LogP contribution in [0.4, 0.5) is 0 Å². The summed E-state index contributed by atoms with van der Waals surface area (Å²) in [7, 11) is 0. The van der Waals surface area contributed by atoms with Crippen LogP contribution in [0.5, 0.6) is 0 Å². The van der Waals surface area contributed by atoms with E-state index in [1.807, 2.05) is 0 Å². The Morgan fingerprint density at radius 3 is 0.901 bits per heavy atom. The summed E-state index contributed by atoms with van der Waals surface area (Å²) in [6, 6.07) is 0. The minimum Gasteiger partial charge on any atom is -0.462 e. The lowest BCUT2D eigenvalue weighted by atomic mass is 10.1. The van der Waals surface area contributed by atoms with Crippen molar-refractivity contribution in [1.29, 1.82) is 0 Å². The van der Waals surface area contributed by atoms with Crippen molar-refractivity contribution in [2.75, 3.05) is 13.2 Å². The number of allylic oxidation sites excluding steroid dienone is 14. The van der Waals surface area contributed by atoms with Crippen molar-refractivity contribution < 1.29 is 28.6 Å². The third-order valence-corrected chi connectivity index (χ3v) is 12.9. The van der Waals surface area contributed by atoms with E-state index in [1.54, 1.807) is 0 Å². The van der Waals surface area contributed by atoms with E-state index in [0.717, 1.165) is 96.3 Å². The van der Waals surface area contributed by atoms with Gasteiger partial charge in [0.1, 0.15) is 13.2 Å². The van der Waals surface area contributed by atoms with Crippen LogP contribution in [-0.4, -0.2) is 37.2 Å². The molecule has 1 unspecified atom stereocenters. The van der Waals surface area contributed by atoms with E-state index in [0.29, 0.717) is 19.3 Å². The molecule has 0 aliphatic heterocycles. The van der Waals surface area contributed by atoms with Crippen molar-refractivity contribution in [2.45, 2.75) is 297 Å². The van der Waals surface area contributed by atoms with Gasteiger partial charge in [-0.3, -0.25) is 14.4 Å². The van der Waals surface area contributed by atoms with E-state index in [9.17, 15) is 14.4 Å². The van der Waals surface area contributed by atoms with E-state index in [1.165, 1.54) is 154 Å². The number of ether oxygens (including phenoxy) is 3. The Hall–Kier alpha value is -3.41. The average molecular weight is 990 g/mol. The molecule has 0 aromatic carbocycles. The maximum Gasteiger partial charge on any atom is 0.306 e. The fourth-order valence-corrected chi connectivity index (χ4v) is 8.34. The molecule has 0 aromatic rings. The lowest BCUT2D eigenvalue weighted by Gasteiger charge is -2.18. The summed E-state index contributed by atoms with van der Waals surface area (Å²) in [5.74, 6) is -0.921. The molecular weight excluding hydrogens is 877 g/mol. The fraction of sp³-hybridized carbons (Fsp3) is 0.738. The summed E-state index contributed by atoms with van der Waals surface area (Å²) >= 11 is 0. The quantitative estimate of drug-likeness (QED) is 0.0261. The van der Waals surface area contributed by atoms with Gasteiger partial charge >= 0.3 is 17.9 Å². The molecule has 408 valence electrons. The van der Waals surface area contributed by atoms with E-state index in [2.05, 4.69) is 106 Å². The van der Waals surface area contributed by atoms with Gasteiger partial charge in [0.05, 0.1) is 0 Å². The first-order valence-electron chi connectivity index (χ1n) is 30.1. The Bertz CT molecular complexity index is 1370. The molecule has 0 rings (SSSR count). The van der Waals surface area contributed by atoms with Crippen LogP contribution >= 0.6 is 0 Å². The molecular formula is C65H112O6. The van der Waals surface area contributed by atoms with Gasteiger partial charge in [0.25, 0.3) is 0 Å². The summed E-state index contributed by atoms with van der Waals surface area (Å²) in [4.78, 5) is 38.2. The minimum absolute atomic E-state index is 0.0895. The molecule has 0 saturated heterocycles. The Kier molecular flexibility index (Phi) is 56.3. The first-order valence-corrected chi connectivity index (χ1v) is 30.1. The lowest BCUT2D eigenvalue weighted by Crippen LogP contribution is -2.30. The van der Waals surface area contributed by atoms with Crippen LogP contribution in [0, 0.1) is 0 Å². The topological polar surface area (TPSA) is 78.9 Å². The van der Waals surface area contributed by atoms with Crippen LogP contribution in [0.2, 0.25) is 0 Å². The molecule has 0 heterocycles. The van der Waals surface area contributed by atoms with Crippen molar-refractivity contribution in [1.82, 2.24) is 0 Å². The second kappa shape index (κ2) is 59.2. The lowest BCUT2D eigenvalue weighted by molar-refractivity contribution is -0.167. The molecule has 0 radical (unpaired) electrons. The van der Waals surface area contributed by atoms with E-state index in [4.69, 9.17) is 14.2 Å². The van der Waals surface area contributed by atoms with Gasteiger partial charge in [-0.2, -0.15) is 0 Å². The molecule has 0 aromatic heterocycles. The van der Waals surface area contributed by atoms with Crippen molar-refractivity contribution in [3.05, 3.63) is 85.1 Å². The molecule has 1 atom stereocenters. The average Bonchev–Trinajstić information content (AvgIpc) is 3.37. The van der Waals surface area contributed by atoms with Crippen LogP contribution in [0.3, 0.4) is 0 Å². The van der Waals surface area contributed by atoms with Crippen molar-refractivity contribution in [3.8, 4) is 0 Å². The Morgan fingerprint density at radius 2 is 0.549 bits per heavy atom. The van der Waals surface area contributed by atoms with Crippen LogP contribution in [-0.2, 0) is 28.6 Å². The molecule has 0 amide bonds. The van der Waals surface area contributed by atoms with Gasteiger partial charge < -0.3 is 14.2 Å². The fourth-order valence-electron chi connectivity index (χ4n) is 8.34. The normalized spacial score (nSPS) is 12.7. The van der Waals surface area contributed by atoms with E-state index >= 15 is 0 Å². The molecule has 0 fully saturated rings. The summed E-state index contributed by atoms with van der Waals surface area (Å²) in [5, 5.41) is 0. The van der Waals surface area contributed by atoms with Gasteiger partial charge in [-0.25, -0.2) is 0 Å². The highest BCUT2D eigenvalue weighted by Crippen LogP contribution is 2.15. The van der Waals surface area contributed by atoms with Crippen molar-refractivity contribution >= 4 is 17.9 Å².